The maximum Gasteiger partial charge on any atom is 0.343 e. The molecule has 0 spiro atoms. The molecule has 0 aliphatic carbocycles. The number of fused-ring (bicyclic) bond motifs is 1. The van der Waals surface area contributed by atoms with E-state index in [2.05, 4.69) is 24.1 Å². The highest BCUT2D eigenvalue weighted by atomic mass is 16.5. The zero-order valence-corrected chi connectivity index (χ0v) is 32.0. The van der Waals surface area contributed by atoms with Crippen LogP contribution in [0.5, 0.6) is 17.2 Å². The zero-order valence-electron chi connectivity index (χ0n) is 32.0. The van der Waals surface area contributed by atoms with E-state index >= 15 is 0 Å². The van der Waals surface area contributed by atoms with E-state index in [1.54, 1.807) is 18.2 Å². The van der Waals surface area contributed by atoms with E-state index in [0.717, 1.165) is 47.4 Å². The van der Waals surface area contributed by atoms with Crippen LogP contribution in [0.2, 0.25) is 0 Å². The average molecular weight is 707 g/mol. The fourth-order valence-corrected chi connectivity index (χ4v) is 6.38. The van der Waals surface area contributed by atoms with Crippen LogP contribution in [0.3, 0.4) is 0 Å². The number of carbonyl (C=O) groups is 1. The summed E-state index contributed by atoms with van der Waals surface area (Å²) in [5, 5.41) is 10.6. The molecule has 4 aromatic carbocycles. The predicted molar refractivity (Wildman–Crippen MR) is 216 cm³/mol. The van der Waals surface area contributed by atoms with Crippen molar-refractivity contribution >= 4 is 28.1 Å². The molecular weight excluding hydrogens is 645 g/mol. The maximum absolute atomic E-state index is 13.1. The highest BCUT2D eigenvalue weighted by Gasteiger charge is 2.13. The van der Waals surface area contributed by atoms with Gasteiger partial charge in [0.25, 0.3) is 0 Å². The number of nitrogens with zero attached hydrogens (tertiary/aromatic N) is 2. The monoisotopic (exact) mass is 706 g/mol. The van der Waals surface area contributed by atoms with Gasteiger partial charge in [-0.15, -0.1) is 5.11 Å². The number of hydrogen-bond acceptors (Lipinski definition) is 6. The van der Waals surface area contributed by atoms with E-state index in [0.29, 0.717) is 23.6 Å². The number of ether oxygens (including phenoxy) is 3. The molecule has 0 N–H and O–H groups in total. The first-order valence-corrected chi connectivity index (χ1v) is 20.3. The van der Waals surface area contributed by atoms with Crippen molar-refractivity contribution in [1.82, 2.24) is 0 Å². The quantitative estimate of drug-likeness (QED) is 0.0268. The Balaban J connectivity index is 1.13. The third-order valence-electron chi connectivity index (χ3n) is 9.55. The van der Waals surface area contributed by atoms with Crippen LogP contribution < -0.4 is 14.2 Å². The third kappa shape index (κ3) is 15.2. The van der Waals surface area contributed by atoms with Crippen molar-refractivity contribution in [2.24, 2.45) is 10.2 Å². The van der Waals surface area contributed by atoms with Gasteiger partial charge in [-0.2, -0.15) is 5.11 Å². The minimum absolute atomic E-state index is 0.416. The Morgan fingerprint density at radius 3 is 1.50 bits per heavy atom. The fourth-order valence-electron chi connectivity index (χ4n) is 6.38. The summed E-state index contributed by atoms with van der Waals surface area (Å²) < 4.78 is 17.6. The SMILES string of the molecule is CCCCCCCCCCCCCCCCCCOc1ccc(C(=O)Oc2ccc(N=Nc3ccc(OCCCCC)cc3)c3ccccc23)cc1. The van der Waals surface area contributed by atoms with Gasteiger partial charge in [-0.1, -0.05) is 147 Å². The van der Waals surface area contributed by atoms with E-state index in [-0.39, 0.29) is 0 Å². The van der Waals surface area contributed by atoms with Crippen molar-refractivity contribution in [3.8, 4) is 17.2 Å². The Hall–Kier alpha value is -4.19. The van der Waals surface area contributed by atoms with Gasteiger partial charge in [-0.25, -0.2) is 4.79 Å². The molecular formula is C46H62N2O4. The van der Waals surface area contributed by atoms with Gasteiger partial charge in [-0.05, 0) is 73.5 Å². The van der Waals surface area contributed by atoms with E-state index in [1.165, 1.54) is 109 Å². The number of rotatable bonds is 27. The Labute approximate surface area is 313 Å². The maximum atomic E-state index is 13.1. The molecule has 0 saturated carbocycles. The molecule has 52 heavy (non-hydrogen) atoms. The molecule has 0 aromatic heterocycles. The van der Waals surface area contributed by atoms with E-state index in [4.69, 9.17) is 14.2 Å². The second kappa shape index (κ2) is 24.9. The average Bonchev–Trinajstić information content (AvgIpc) is 3.18. The molecule has 0 atom stereocenters. The summed E-state index contributed by atoms with van der Waals surface area (Å²) in [6.07, 6.45) is 25.0. The van der Waals surface area contributed by atoms with Crippen LogP contribution in [0.15, 0.2) is 95.2 Å². The first kappa shape index (κ1) is 40.6. The van der Waals surface area contributed by atoms with Gasteiger partial charge in [0.2, 0.25) is 0 Å². The van der Waals surface area contributed by atoms with Gasteiger partial charge in [0.15, 0.2) is 0 Å². The lowest BCUT2D eigenvalue weighted by Gasteiger charge is -2.10. The molecule has 280 valence electrons. The van der Waals surface area contributed by atoms with E-state index in [1.807, 2.05) is 66.7 Å². The number of esters is 1. The largest absolute Gasteiger partial charge is 0.494 e. The molecule has 4 rings (SSSR count). The second-order valence-electron chi connectivity index (χ2n) is 13.9. The van der Waals surface area contributed by atoms with Crippen molar-refractivity contribution < 1.29 is 19.0 Å². The fraction of sp³-hybridized carbons (Fsp3) is 0.500. The van der Waals surface area contributed by atoms with Crippen molar-refractivity contribution in [1.29, 1.82) is 0 Å². The molecule has 6 heteroatoms. The normalized spacial score (nSPS) is 11.3. The van der Waals surface area contributed by atoms with E-state index in [9.17, 15) is 4.79 Å². The molecule has 6 nitrogen and oxygen atoms in total. The molecule has 0 fully saturated rings. The smallest absolute Gasteiger partial charge is 0.343 e. The predicted octanol–water partition coefficient (Wildman–Crippen LogP) is 14.7. The highest BCUT2D eigenvalue weighted by molar-refractivity contribution is 5.99. The number of benzene rings is 4. The highest BCUT2D eigenvalue weighted by Crippen LogP contribution is 2.35. The van der Waals surface area contributed by atoms with Gasteiger partial charge in [0.05, 0.1) is 30.2 Å². The van der Waals surface area contributed by atoms with Gasteiger partial charge in [-0.3, -0.25) is 0 Å². The van der Waals surface area contributed by atoms with Crippen molar-refractivity contribution in [2.45, 2.75) is 136 Å². The van der Waals surface area contributed by atoms with Crippen LogP contribution in [0, 0.1) is 0 Å². The van der Waals surface area contributed by atoms with Crippen LogP contribution in [-0.2, 0) is 0 Å². The molecule has 0 aliphatic heterocycles. The Kier molecular flexibility index (Phi) is 19.4. The minimum Gasteiger partial charge on any atom is -0.494 e. The van der Waals surface area contributed by atoms with Gasteiger partial charge >= 0.3 is 5.97 Å². The molecule has 0 radical (unpaired) electrons. The lowest BCUT2D eigenvalue weighted by atomic mass is 10.0. The number of hydrogen-bond donors (Lipinski definition) is 0. The van der Waals surface area contributed by atoms with Gasteiger partial charge in [0.1, 0.15) is 17.2 Å². The summed E-state index contributed by atoms with van der Waals surface area (Å²) in [7, 11) is 0. The van der Waals surface area contributed by atoms with Crippen LogP contribution in [0.4, 0.5) is 11.4 Å². The lowest BCUT2D eigenvalue weighted by molar-refractivity contribution is 0.0737. The molecule has 0 aliphatic rings. The van der Waals surface area contributed by atoms with Crippen molar-refractivity contribution in [3.05, 3.63) is 90.5 Å². The zero-order chi connectivity index (χ0) is 36.5. The van der Waals surface area contributed by atoms with E-state index < -0.39 is 5.97 Å². The van der Waals surface area contributed by atoms with Crippen molar-refractivity contribution in [3.63, 3.8) is 0 Å². The Bertz CT molecular complexity index is 1580. The van der Waals surface area contributed by atoms with Crippen LogP contribution in [0.1, 0.15) is 146 Å². The van der Waals surface area contributed by atoms with Crippen molar-refractivity contribution in [2.75, 3.05) is 13.2 Å². The van der Waals surface area contributed by atoms with Crippen LogP contribution in [-0.4, -0.2) is 19.2 Å². The standard InChI is InChI=1S/C46H62N2O4/c1-3-5-7-8-9-10-11-12-13-14-15-16-17-18-19-23-37-51-40-30-26-38(27-31-40)46(49)52-45-35-34-44(42-24-20-21-25-43(42)45)48-47-39-28-32-41(33-29-39)50-36-22-6-4-2/h20-21,24-35H,3-19,22-23,36-37H2,1-2H3. The Morgan fingerprint density at radius 1 is 0.481 bits per heavy atom. The van der Waals surface area contributed by atoms with Crippen LogP contribution >= 0.6 is 0 Å². The summed E-state index contributed by atoms with van der Waals surface area (Å²) in [4.78, 5) is 13.1. The Morgan fingerprint density at radius 2 is 0.942 bits per heavy atom. The topological polar surface area (TPSA) is 69.5 Å². The van der Waals surface area contributed by atoms with Gasteiger partial charge in [0, 0.05) is 10.8 Å². The van der Waals surface area contributed by atoms with Gasteiger partial charge < -0.3 is 14.2 Å². The summed E-state index contributed by atoms with van der Waals surface area (Å²) in [6.45, 7) is 5.88. The second-order valence-corrected chi connectivity index (χ2v) is 13.9. The molecule has 0 unspecified atom stereocenters. The minimum atomic E-state index is -0.416. The first-order chi connectivity index (χ1) is 25.7. The number of azo groups is 1. The summed E-state index contributed by atoms with van der Waals surface area (Å²) in [5.74, 6) is 1.67. The first-order valence-electron chi connectivity index (χ1n) is 20.3. The molecule has 4 aromatic rings. The summed E-state index contributed by atoms with van der Waals surface area (Å²) in [6, 6.07) is 26.2. The summed E-state index contributed by atoms with van der Waals surface area (Å²) in [5.41, 5.74) is 1.90. The molecule has 0 amide bonds. The lowest BCUT2D eigenvalue weighted by Crippen LogP contribution is -2.08. The number of unbranched alkanes of at least 4 members (excludes halogenated alkanes) is 17. The summed E-state index contributed by atoms with van der Waals surface area (Å²) >= 11 is 0. The molecule has 0 heterocycles. The van der Waals surface area contributed by atoms with Crippen LogP contribution in [0.25, 0.3) is 10.8 Å². The molecule has 0 bridgehead atoms. The molecule has 0 saturated heterocycles. The third-order valence-corrected chi connectivity index (χ3v) is 9.55. The number of carbonyl (C=O) groups excluding carboxylic acids is 1.